The minimum Gasteiger partial charge on any atom is -0.456 e. The van der Waals surface area contributed by atoms with Gasteiger partial charge in [-0.05, 0) is 71.8 Å². The van der Waals surface area contributed by atoms with Gasteiger partial charge in [0.25, 0.3) is 0 Å². The second kappa shape index (κ2) is 11.3. The fraction of sp³-hybridized carbons (Fsp3) is 0. The predicted molar refractivity (Wildman–Crippen MR) is 241 cm³/mol. The summed E-state index contributed by atoms with van der Waals surface area (Å²) in [5.74, 6) is 0. The molecule has 5 nitrogen and oxygen atoms in total. The first kappa shape index (κ1) is 31.1. The molecule has 0 saturated heterocycles. The minimum atomic E-state index is 0.827. The molecule has 0 unspecified atom stereocenters. The zero-order valence-electron chi connectivity index (χ0n) is 31.3. The summed E-state index contributed by atoms with van der Waals surface area (Å²) in [6.45, 7) is 0. The normalized spacial score (nSPS) is 12.4. The highest BCUT2D eigenvalue weighted by Crippen LogP contribution is 2.45. The van der Waals surface area contributed by atoms with Crippen LogP contribution in [-0.4, -0.2) is 4.57 Å². The molecule has 0 amide bonds. The van der Waals surface area contributed by atoms with Crippen LogP contribution in [0, 0.1) is 0 Å². The van der Waals surface area contributed by atoms with Gasteiger partial charge in [0, 0.05) is 76.7 Å². The van der Waals surface area contributed by atoms with Gasteiger partial charge in [0.1, 0.15) is 44.7 Å². The maximum absolute atomic E-state index is 6.70. The van der Waals surface area contributed by atoms with Crippen molar-refractivity contribution in [2.75, 3.05) is 0 Å². The lowest BCUT2D eigenvalue weighted by Gasteiger charge is -2.07. The molecule has 0 radical (unpaired) electrons. The van der Waals surface area contributed by atoms with Gasteiger partial charge in [-0.1, -0.05) is 109 Å². The molecule has 14 rings (SSSR count). The molecule has 0 atom stereocenters. The van der Waals surface area contributed by atoms with Crippen molar-refractivity contribution in [3.63, 3.8) is 0 Å². The Hall–Kier alpha value is -8.02. The first-order chi connectivity index (χ1) is 29.2. The summed E-state index contributed by atoms with van der Waals surface area (Å²) in [6.07, 6.45) is 0. The van der Waals surface area contributed by atoms with E-state index in [1.165, 1.54) is 21.8 Å². The fourth-order valence-corrected chi connectivity index (χ4v) is 9.80. The highest BCUT2D eigenvalue weighted by molar-refractivity contribution is 6.20. The molecule has 59 heavy (non-hydrogen) atoms. The first-order valence-corrected chi connectivity index (χ1v) is 19.9. The van der Waals surface area contributed by atoms with Gasteiger partial charge >= 0.3 is 0 Å². The molecule has 0 aliphatic rings. The van der Waals surface area contributed by atoms with E-state index in [9.17, 15) is 0 Å². The van der Waals surface area contributed by atoms with Gasteiger partial charge in [-0.15, -0.1) is 0 Å². The average molecular weight is 756 g/mol. The third-order valence-corrected chi connectivity index (χ3v) is 12.4. The molecular weight excluding hydrogens is 727 g/mol. The van der Waals surface area contributed by atoms with Crippen LogP contribution < -0.4 is 0 Å². The third kappa shape index (κ3) is 4.23. The van der Waals surface area contributed by atoms with E-state index < -0.39 is 0 Å². The van der Waals surface area contributed by atoms with Crippen molar-refractivity contribution in [2.45, 2.75) is 0 Å². The van der Waals surface area contributed by atoms with E-state index in [0.29, 0.717) is 0 Å². The summed E-state index contributed by atoms with van der Waals surface area (Å²) in [7, 11) is 0. The van der Waals surface area contributed by atoms with Crippen LogP contribution in [0.2, 0.25) is 0 Å². The standard InChI is InChI=1S/C54H29NO4/c1-4-18-44-33(10-1)34-11-2-5-19-45(34)55(44)31-23-24-36-42-28-51-43(29-50(42)57-49(36)27-31)52-32(13-9-21-48(52)56-51)30-22-25-47-41(26-30)40-17-8-16-39(54(40)59-47)38-15-7-14-37-35-12-3-6-20-46(35)58-53(37)38/h1-29H. The lowest BCUT2D eigenvalue weighted by Crippen LogP contribution is -1.93. The molecule has 14 aromatic rings. The summed E-state index contributed by atoms with van der Waals surface area (Å²) < 4.78 is 28.7. The van der Waals surface area contributed by atoms with Crippen LogP contribution in [0.25, 0.3) is 138 Å². The van der Waals surface area contributed by atoms with Crippen molar-refractivity contribution < 1.29 is 17.7 Å². The highest BCUT2D eigenvalue weighted by atomic mass is 16.3. The summed E-state index contributed by atoms with van der Waals surface area (Å²) in [4.78, 5) is 0. The van der Waals surface area contributed by atoms with Gasteiger partial charge < -0.3 is 22.2 Å². The van der Waals surface area contributed by atoms with E-state index in [-0.39, 0.29) is 0 Å². The number of benzene rings is 9. The van der Waals surface area contributed by atoms with Crippen LogP contribution in [0.5, 0.6) is 0 Å². The summed E-state index contributed by atoms with van der Waals surface area (Å²) >= 11 is 0. The number of rotatable bonds is 3. The monoisotopic (exact) mass is 755 g/mol. The molecular formula is C54H29NO4. The van der Waals surface area contributed by atoms with Gasteiger partial charge in [-0.25, -0.2) is 0 Å². The van der Waals surface area contributed by atoms with E-state index in [1.54, 1.807) is 0 Å². The number of nitrogens with zero attached hydrogens (tertiary/aromatic N) is 1. The van der Waals surface area contributed by atoms with Crippen LogP contribution in [0.1, 0.15) is 0 Å². The zero-order valence-corrected chi connectivity index (χ0v) is 31.3. The Morgan fingerprint density at radius 3 is 1.59 bits per heavy atom. The molecule has 0 saturated carbocycles. The van der Waals surface area contributed by atoms with Gasteiger partial charge in [0.2, 0.25) is 0 Å². The second-order valence-electron chi connectivity index (χ2n) is 15.6. The minimum absolute atomic E-state index is 0.827. The Labute approximate surface area is 334 Å². The van der Waals surface area contributed by atoms with E-state index in [0.717, 1.165) is 116 Å². The Balaban J connectivity index is 0.920. The smallest absolute Gasteiger partial charge is 0.143 e. The Kier molecular flexibility index (Phi) is 5.96. The summed E-state index contributed by atoms with van der Waals surface area (Å²) in [5.41, 5.74) is 14.3. The quantitative estimate of drug-likeness (QED) is 0.180. The number of aromatic nitrogens is 1. The van der Waals surface area contributed by atoms with E-state index in [1.807, 2.05) is 18.2 Å². The van der Waals surface area contributed by atoms with Gasteiger partial charge in [-0.2, -0.15) is 0 Å². The molecule has 5 aromatic heterocycles. The van der Waals surface area contributed by atoms with E-state index >= 15 is 0 Å². The molecule has 5 heteroatoms. The Morgan fingerprint density at radius 1 is 0.288 bits per heavy atom. The lowest BCUT2D eigenvalue weighted by molar-refractivity contribution is 0.664. The molecule has 0 fully saturated rings. The number of hydrogen-bond donors (Lipinski definition) is 0. The lowest BCUT2D eigenvalue weighted by atomic mass is 9.96. The molecule has 0 aliphatic carbocycles. The average Bonchev–Trinajstić information content (AvgIpc) is 4.10. The number of hydrogen-bond acceptors (Lipinski definition) is 4. The van der Waals surface area contributed by atoms with Crippen molar-refractivity contribution in [3.05, 3.63) is 176 Å². The molecule has 0 bridgehead atoms. The fourth-order valence-electron chi connectivity index (χ4n) is 9.80. The molecule has 274 valence electrons. The largest absolute Gasteiger partial charge is 0.456 e. The summed E-state index contributed by atoms with van der Waals surface area (Å²) in [5, 5.41) is 10.9. The Bertz CT molecular complexity index is 4040. The predicted octanol–water partition coefficient (Wildman–Crippen LogP) is 15.7. The molecule has 0 aliphatic heterocycles. The van der Waals surface area contributed by atoms with Crippen LogP contribution in [0.3, 0.4) is 0 Å². The van der Waals surface area contributed by atoms with Crippen molar-refractivity contribution >= 4 is 110 Å². The molecule has 0 spiro atoms. The summed E-state index contributed by atoms with van der Waals surface area (Å²) in [6, 6.07) is 61.6. The van der Waals surface area contributed by atoms with Crippen molar-refractivity contribution in [2.24, 2.45) is 0 Å². The maximum atomic E-state index is 6.70. The van der Waals surface area contributed by atoms with Gasteiger partial charge in [-0.3, -0.25) is 0 Å². The van der Waals surface area contributed by atoms with Crippen LogP contribution in [0.4, 0.5) is 0 Å². The van der Waals surface area contributed by atoms with Crippen LogP contribution >= 0.6 is 0 Å². The van der Waals surface area contributed by atoms with Gasteiger partial charge in [0.15, 0.2) is 0 Å². The zero-order chi connectivity index (χ0) is 38.3. The molecule has 9 aromatic carbocycles. The number of para-hydroxylation sites is 5. The highest BCUT2D eigenvalue weighted by Gasteiger charge is 2.21. The molecule has 0 N–H and O–H groups in total. The second-order valence-corrected chi connectivity index (χ2v) is 15.6. The maximum Gasteiger partial charge on any atom is 0.143 e. The Morgan fingerprint density at radius 2 is 0.814 bits per heavy atom. The van der Waals surface area contributed by atoms with Crippen LogP contribution in [0.15, 0.2) is 194 Å². The van der Waals surface area contributed by atoms with Crippen molar-refractivity contribution in [3.8, 4) is 27.9 Å². The van der Waals surface area contributed by atoms with E-state index in [4.69, 9.17) is 17.7 Å². The van der Waals surface area contributed by atoms with E-state index in [2.05, 4.69) is 162 Å². The molecule has 5 heterocycles. The first-order valence-electron chi connectivity index (χ1n) is 19.9. The van der Waals surface area contributed by atoms with Crippen molar-refractivity contribution in [1.29, 1.82) is 0 Å². The number of fused-ring (bicyclic) bond motifs is 15. The van der Waals surface area contributed by atoms with Crippen LogP contribution in [-0.2, 0) is 0 Å². The third-order valence-electron chi connectivity index (χ3n) is 12.4. The van der Waals surface area contributed by atoms with Crippen molar-refractivity contribution in [1.82, 2.24) is 4.57 Å². The number of furan rings is 4. The topological polar surface area (TPSA) is 57.5 Å². The SMILES string of the molecule is c1ccc2c(c1)oc1c(-c3cccc4c3oc3ccc(-c5cccc6oc7cc8c(cc7c56)oc5cc(-n6c7ccccc7c7ccccc76)ccc58)cc34)cccc12. The van der Waals surface area contributed by atoms with Gasteiger partial charge in [0.05, 0.1) is 11.0 Å².